The largest absolute Gasteiger partial charge is 0.497 e. The molecular formula is C25H34N2O3. The van der Waals surface area contributed by atoms with Crippen LogP contribution in [-0.2, 0) is 11.2 Å². The lowest BCUT2D eigenvalue weighted by molar-refractivity contribution is -0.137. The summed E-state index contributed by atoms with van der Waals surface area (Å²) in [6, 6.07) is 8.20. The highest BCUT2D eigenvalue weighted by atomic mass is 16.5. The van der Waals surface area contributed by atoms with Crippen molar-refractivity contribution in [2.24, 2.45) is 17.8 Å². The Morgan fingerprint density at radius 2 is 2.07 bits per heavy atom. The van der Waals surface area contributed by atoms with Gasteiger partial charge in [0.25, 0.3) is 0 Å². The quantitative estimate of drug-likeness (QED) is 0.611. The lowest BCUT2D eigenvalue weighted by atomic mass is 9.79. The number of hydrogen-bond donors (Lipinski definition) is 1. The number of carbonyl (C=O) groups is 1. The summed E-state index contributed by atoms with van der Waals surface area (Å²) in [5.74, 6) is 2.27. The number of carboxylic acid groups (broad SMARTS) is 1. The molecule has 162 valence electrons. The summed E-state index contributed by atoms with van der Waals surface area (Å²) < 4.78 is 5.40. The normalized spacial score (nSPS) is 22.3. The molecule has 1 N–H and O–H groups in total. The predicted molar refractivity (Wildman–Crippen MR) is 119 cm³/mol. The van der Waals surface area contributed by atoms with Gasteiger partial charge in [0, 0.05) is 31.1 Å². The van der Waals surface area contributed by atoms with Crippen molar-refractivity contribution in [3.05, 3.63) is 36.0 Å². The molecule has 1 aromatic heterocycles. The topological polar surface area (TPSA) is 62.7 Å². The number of methoxy groups -OCH3 is 1. The fraction of sp³-hybridized carbons (Fsp3) is 0.600. The van der Waals surface area contributed by atoms with E-state index in [1.54, 1.807) is 7.11 Å². The number of aromatic nitrogens is 1. The number of nitrogens with zero attached hydrogens (tertiary/aromatic N) is 2. The first-order valence-electron chi connectivity index (χ1n) is 11.5. The minimum atomic E-state index is -0.662. The number of hydrogen-bond acceptors (Lipinski definition) is 4. The van der Waals surface area contributed by atoms with Crippen molar-refractivity contribution in [3.63, 3.8) is 0 Å². The van der Waals surface area contributed by atoms with Gasteiger partial charge in [-0.2, -0.15) is 0 Å². The van der Waals surface area contributed by atoms with Crippen LogP contribution in [0, 0.1) is 17.8 Å². The summed E-state index contributed by atoms with van der Waals surface area (Å²) in [6.07, 6.45) is 10.3. The van der Waals surface area contributed by atoms with E-state index in [1.165, 1.54) is 49.7 Å². The van der Waals surface area contributed by atoms with Crippen LogP contribution in [0.2, 0.25) is 0 Å². The molecule has 2 heterocycles. The Labute approximate surface area is 179 Å². The van der Waals surface area contributed by atoms with Gasteiger partial charge in [0.1, 0.15) is 5.75 Å². The van der Waals surface area contributed by atoms with Gasteiger partial charge in [-0.15, -0.1) is 0 Å². The third-order valence-corrected chi connectivity index (χ3v) is 6.98. The number of piperidine rings is 1. The Morgan fingerprint density at radius 3 is 2.83 bits per heavy atom. The molecule has 30 heavy (non-hydrogen) atoms. The summed E-state index contributed by atoms with van der Waals surface area (Å²) in [6.45, 7) is 3.49. The fourth-order valence-electron chi connectivity index (χ4n) is 5.09. The molecule has 0 radical (unpaired) electrons. The average Bonchev–Trinajstić information content (AvgIpc) is 3.57. The zero-order valence-corrected chi connectivity index (χ0v) is 18.1. The summed E-state index contributed by atoms with van der Waals surface area (Å²) in [7, 11) is 1.70. The lowest BCUT2D eigenvalue weighted by Crippen LogP contribution is -2.41. The molecule has 5 heteroatoms. The monoisotopic (exact) mass is 410 g/mol. The van der Waals surface area contributed by atoms with E-state index in [2.05, 4.69) is 22.0 Å². The van der Waals surface area contributed by atoms with Gasteiger partial charge in [-0.25, -0.2) is 0 Å². The van der Waals surface area contributed by atoms with Gasteiger partial charge < -0.3 is 14.7 Å². The molecule has 2 aromatic rings. The van der Waals surface area contributed by atoms with Crippen LogP contribution in [-0.4, -0.2) is 47.7 Å². The molecule has 2 fully saturated rings. The molecule has 5 nitrogen and oxygen atoms in total. The number of ether oxygens (including phenoxy) is 1. The average molecular weight is 411 g/mol. The number of carboxylic acids is 1. The van der Waals surface area contributed by atoms with Gasteiger partial charge >= 0.3 is 5.97 Å². The van der Waals surface area contributed by atoms with Crippen LogP contribution < -0.4 is 4.74 Å². The van der Waals surface area contributed by atoms with Crippen molar-refractivity contribution in [3.8, 4) is 5.75 Å². The first kappa shape index (κ1) is 21.1. The highest BCUT2D eigenvalue weighted by molar-refractivity contribution is 5.83. The third-order valence-electron chi connectivity index (χ3n) is 6.98. The molecule has 2 atom stereocenters. The van der Waals surface area contributed by atoms with E-state index in [0.717, 1.165) is 43.0 Å². The van der Waals surface area contributed by atoms with Crippen LogP contribution in [0.15, 0.2) is 30.5 Å². The van der Waals surface area contributed by atoms with Crippen LogP contribution in [0.1, 0.15) is 50.5 Å². The van der Waals surface area contributed by atoms with E-state index < -0.39 is 5.97 Å². The number of likely N-dealkylation sites (tertiary alicyclic amines) is 1. The van der Waals surface area contributed by atoms with E-state index in [1.807, 2.05) is 18.3 Å². The van der Waals surface area contributed by atoms with E-state index in [9.17, 15) is 9.90 Å². The molecule has 2 aliphatic rings. The van der Waals surface area contributed by atoms with E-state index in [0.29, 0.717) is 18.3 Å². The van der Waals surface area contributed by atoms with Crippen LogP contribution in [0.5, 0.6) is 5.75 Å². The maximum absolute atomic E-state index is 11.2. The third kappa shape index (κ3) is 5.51. The minimum absolute atomic E-state index is 0.299. The first-order chi connectivity index (χ1) is 14.6. The van der Waals surface area contributed by atoms with Gasteiger partial charge in [0.2, 0.25) is 0 Å². The van der Waals surface area contributed by atoms with Crippen molar-refractivity contribution < 1.29 is 14.6 Å². The molecule has 1 aromatic carbocycles. The highest BCUT2D eigenvalue weighted by Crippen LogP contribution is 2.35. The number of benzene rings is 1. The molecule has 0 spiro atoms. The minimum Gasteiger partial charge on any atom is -0.497 e. The number of aliphatic carboxylic acids is 1. The molecule has 0 unspecified atom stereocenters. The number of rotatable bonds is 10. The van der Waals surface area contributed by atoms with Crippen molar-refractivity contribution in [1.29, 1.82) is 0 Å². The number of aryl methyl sites for hydroxylation is 1. The number of pyridine rings is 1. The van der Waals surface area contributed by atoms with Crippen LogP contribution in [0.25, 0.3) is 10.9 Å². The highest BCUT2D eigenvalue weighted by Gasteiger charge is 2.32. The van der Waals surface area contributed by atoms with E-state index >= 15 is 0 Å². The van der Waals surface area contributed by atoms with Crippen molar-refractivity contribution in [2.75, 3.05) is 26.7 Å². The Balaban J connectivity index is 1.36. The lowest BCUT2D eigenvalue weighted by Gasteiger charge is -2.39. The molecule has 0 amide bonds. The van der Waals surface area contributed by atoms with Gasteiger partial charge in [0.15, 0.2) is 0 Å². The maximum atomic E-state index is 11.2. The summed E-state index contributed by atoms with van der Waals surface area (Å²) >= 11 is 0. The summed E-state index contributed by atoms with van der Waals surface area (Å²) in [5.41, 5.74) is 2.34. The molecule has 1 saturated heterocycles. The molecule has 1 aliphatic carbocycles. The summed E-state index contributed by atoms with van der Waals surface area (Å²) in [4.78, 5) is 18.3. The Bertz CT molecular complexity index is 865. The second-order valence-corrected chi connectivity index (χ2v) is 9.19. The van der Waals surface area contributed by atoms with Crippen LogP contribution in [0.3, 0.4) is 0 Å². The Hall–Kier alpha value is -2.14. The smallest absolute Gasteiger partial charge is 0.303 e. The Kier molecular flexibility index (Phi) is 6.88. The zero-order valence-electron chi connectivity index (χ0n) is 18.1. The van der Waals surface area contributed by atoms with E-state index in [-0.39, 0.29) is 0 Å². The van der Waals surface area contributed by atoms with Gasteiger partial charge in [0.05, 0.1) is 12.6 Å². The van der Waals surface area contributed by atoms with Gasteiger partial charge in [-0.05, 0) is 99.1 Å². The SMILES string of the molecule is COc1ccc2nccc(CCC[C@@H]3CCN(CC4CC4)C[C@@H]3CCC(=O)O)c2c1. The summed E-state index contributed by atoms with van der Waals surface area (Å²) in [5, 5.41) is 10.4. The standard InChI is InChI=1S/C25H34N2O3/c1-30-22-8-9-24-23(15-22)20(11-13-26-24)4-2-3-19-12-14-27(16-18-5-6-18)17-21(19)7-10-25(28)29/h8-9,11,13,15,18-19,21H,2-7,10,12,14,16-17H2,1H3,(H,28,29)/t19-,21+/m1/s1. The second-order valence-electron chi connectivity index (χ2n) is 9.19. The maximum Gasteiger partial charge on any atom is 0.303 e. The zero-order chi connectivity index (χ0) is 20.9. The van der Waals surface area contributed by atoms with Crippen molar-refractivity contribution >= 4 is 16.9 Å². The van der Waals surface area contributed by atoms with Crippen molar-refractivity contribution in [1.82, 2.24) is 9.88 Å². The molecule has 1 saturated carbocycles. The van der Waals surface area contributed by atoms with Crippen LogP contribution >= 0.6 is 0 Å². The molecule has 4 rings (SSSR count). The van der Waals surface area contributed by atoms with Gasteiger partial charge in [-0.1, -0.05) is 0 Å². The predicted octanol–water partition coefficient (Wildman–Crippen LogP) is 4.78. The molecular weight excluding hydrogens is 376 g/mol. The molecule has 0 bridgehead atoms. The van der Waals surface area contributed by atoms with Crippen LogP contribution in [0.4, 0.5) is 0 Å². The Morgan fingerprint density at radius 1 is 1.20 bits per heavy atom. The molecule has 1 aliphatic heterocycles. The van der Waals surface area contributed by atoms with Gasteiger partial charge in [-0.3, -0.25) is 9.78 Å². The fourth-order valence-corrected chi connectivity index (χ4v) is 5.09. The second kappa shape index (κ2) is 9.78. The first-order valence-corrected chi connectivity index (χ1v) is 11.5. The van der Waals surface area contributed by atoms with Crippen molar-refractivity contribution in [2.45, 2.75) is 51.4 Å². The number of fused-ring (bicyclic) bond motifs is 1. The van der Waals surface area contributed by atoms with E-state index in [4.69, 9.17) is 4.74 Å².